The molecule has 20 heavy (non-hydrogen) atoms. The van der Waals surface area contributed by atoms with Crippen LogP contribution < -0.4 is 0 Å². The minimum absolute atomic E-state index is 0.00195. The Balaban J connectivity index is 2.16. The van der Waals surface area contributed by atoms with Gasteiger partial charge in [-0.15, -0.1) is 11.3 Å². The minimum Gasteiger partial charge on any atom is -0.289 e. The van der Waals surface area contributed by atoms with E-state index in [1.807, 2.05) is 23.6 Å². The van der Waals surface area contributed by atoms with Gasteiger partial charge in [0, 0.05) is 40.6 Å². The van der Waals surface area contributed by atoms with Crippen molar-refractivity contribution in [3.63, 3.8) is 0 Å². The van der Waals surface area contributed by atoms with E-state index in [9.17, 15) is 4.79 Å². The summed E-state index contributed by atoms with van der Waals surface area (Å²) in [6, 6.07) is 11.1. The molecular weight excluding hydrogens is 423 g/mol. The van der Waals surface area contributed by atoms with E-state index in [2.05, 4.69) is 31.9 Å². The molecule has 1 heterocycles. The van der Waals surface area contributed by atoms with Crippen LogP contribution in [0.3, 0.4) is 0 Å². The normalized spacial score (nSPS) is 10.9. The highest BCUT2D eigenvalue weighted by atomic mass is 79.9. The number of hydrogen-bond donors (Lipinski definition) is 0. The maximum absolute atomic E-state index is 12.7. The Morgan fingerprint density at radius 3 is 2.60 bits per heavy atom. The number of halogens is 3. The van der Waals surface area contributed by atoms with E-state index >= 15 is 0 Å². The number of hydrogen-bond acceptors (Lipinski definition) is 2. The topological polar surface area (TPSA) is 17.1 Å². The van der Waals surface area contributed by atoms with Gasteiger partial charge in [-0.25, -0.2) is 0 Å². The van der Waals surface area contributed by atoms with Gasteiger partial charge in [0.1, 0.15) is 0 Å². The summed E-state index contributed by atoms with van der Waals surface area (Å²) in [6.07, 6.45) is 0. The predicted molar refractivity (Wildman–Crippen MR) is 92.1 cm³/mol. The van der Waals surface area contributed by atoms with Crippen molar-refractivity contribution < 1.29 is 4.79 Å². The molecule has 2 aromatic carbocycles. The molecule has 3 aromatic rings. The lowest BCUT2D eigenvalue weighted by atomic mass is 10.0. The number of fused-ring (bicyclic) bond motifs is 1. The highest BCUT2D eigenvalue weighted by molar-refractivity contribution is 9.11. The van der Waals surface area contributed by atoms with Crippen LogP contribution in [0, 0.1) is 0 Å². The number of ketones is 1. The zero-order valence-corrected chi connectivity index (χ0v) is 14.7. The first-order valence-electron chi connectivity index (χ1n) is 5.73. The monoisotopic (exact) mass is 428 g/mol. The highest BCUT2D eigenvalue weighted by Crippen LogP contribution is 2.34. The molecule has 0 amide bonds. The fraction of sp³-hybridized carbons (Fsp3) is 0. The van der Waals surface area contributed by atoms with Gasteiger partial charge in [-0.05, 0) is 56.1 Å². The van der Waals surface area contributed by atoms with Gasteiger partial charge in [-0.1, -0.05) is 23.7 Å². The second-order valence-electron chi connectivity index (χ2n) is 4.22. The first kappa shape index (κ1) is 14.3. The van der Waals surface area contributed by atoms with Gasteiger partial charge < -0.3 is 0 Å². The van der Waals surface area contributed by atoms with Crippen LogP contribution in [-0.2, 0) is 0 Å². The summed E-state index contributed by atoms with van der Waals surface area (Å²) < 4.78 is 2.81. The molecule has 100 valence electrons. The van der Waals surface area contributed by atoms with E-state index in [1.54, 1.807) is 29.5 Å². The number of thiophene rings is 1. The standard InChI is InChI=1S/C15H7Br2ClOS/c16-12-3-1-2-9-11(7-20-15(9)12)14(19)10-5-4-8(18)6-13(10)17/h1-7H. The summed E-state index contributed by atoms with van der Waals surface area (Å²) in [5.41, 5.74) is 1.34. The summed E-state index contributed by atoms with van der Waals surface area (Å²) in [4.78, 5) is 12.7. The largest absolute Gasteiger partial charge is 0.289 e. The Hall–Kier alpha value is -0.680. The maximum atomic E-state index is 12.7. The van der Waals surface area contributed by atoms with E-state index < -0.39 is 0 Å². The zero-order chi connectivity index (χ0) is 14.3. The summed E-state index contributed by atoms with van der Waals surface area (Å²) >= 11 is 14.4. The van der Waals surface area contributed by atoms with E-state index in [4.69, 9.17) is 11.6 Å². The quantitative estimate of drug-likeness (QED) is 0.436. The highest BCUT2D eigenvalue weighted by Gasteiger charge is 2.17. The van der Waals surface area contributed by atoms with Crippen molar-refractivity contribution >= 4 is 70.7 Å². The average Bonchev–Trinajstić information content (AvgIpc) is 2.83. The van der Waals surface area contributed by atoms with Crippen LogP contribution in [-0.4, -0.2) is 5.78 Å². The maximum Gasteiger partial charge on any atom is 0.195 e. The average molecular weight is 431 g/mol. The molecule has 0 N–H and O–H groups in total. The summed E-state index contributed by atoms with van der Waals surface area (Å²) in [6.45, 7) is 0. The van der Waals surface area contributed by atoms with Gasteiger partial charge in [0.25, 0.3) is 0 Å². The second-order valence-corrected chi connectivity index (χ2v) is 7.24. The Morgan fingerprint density at radius 2 is 1.85 bits per heavy atom. The lowest BCUT2D eigenvalue weighted by Gasteiger charge is -2.04. The first-order chi connectivity index (χ1) is 9.58. The number of benzene rings is 2. The van der Waals surface area contributed by atoms with Crippen molar-refractivity contribution in [2.75, 3.05) is 0 Å². The van der Waals surface area contributed by atoms with Crippen molar-refractivity contribution in [2.24, 2.45) is 0 Å². The minimum atomic E-state index is -0.00195. The van der Waals surface area contributed by atoms with Gasteiger partial charge >= 0.3 is 0 Å². The van der Waals surface area contributed by atoms with Crippen LogP contribution in [0.1, 0.15) is 15.9 Å². The van der Waals surface area contributed by atoms with E-state index in [0.717, 1.165) is 14.6 Å². The Kier molecular flexibility index (Phi) is 4.00. The second kappa shape index (κ2) is 5.60. The van der Waals surface area contributed by atoms with E-state index in [1.165, 1.54) is 0 Å². The molecule has 0 bridgehead atoms. The fourth-order valence-corrected chi connectivity index (χ4v) is 4.48. The molecule has 1 nitrogen and oxygen atoms in total. The van der Waals surface area contributed by atoms with Crippen LogP contribution in [0.15, 0.2) is 50.7 Å². The van der Waals surface area contributed by atoms with Crippen LogP contribution >= 0.6 is 54.8 Å². The third-order valence-corrected chi connectivity index (χ3v) is 5.82. The number of carbonyl (C=O) groups excluding carboxylic acids is 1. The van der Waals surface area contributed by atoms with E-state index in [0.29, 0.717) is 20.6 Å². The van der Waals surface area contributed by atoms with Crippen molar-refractivity contribution in [2.45, 2.75) is 0 Å². The van der Waals surface area contributed by atoms with Crippen LogP contribution in [0.25, 0.3) is 10.1 Å². The molecule has 0 fully saturated rings. The SMILES string of the molecule is O=C(c1ccc(Cl)cc1Br)c1csc2c(Br)cccc12. The van der Waals surface area contributed by atoms with Crippen molar-refractivity contribution in [3.8, 4) is 0 Å². The molecule has 1 aromatic heterocycles. The fourth-order valence-electron chi connectivity index (χ4n) is 2.02. The third-order valence-electron chi connectivity index (χ3n) is 2.97. The van der Waals surface area contributed by atoms with Crippen LogP contribution in [0.4, 0.5) is 0 Å². The number of carbonyl (C=O) groups is 1. The third kappa shape index (κ3) is 2.46. The molecule has 0 aliphatic carbocycles. The predicted octanol–water partition coefficient (Wildman–Crippen LogP) is 6.31. The molecule has 0 aliphatic heterocycles. The van der Waals surface area contributed by atoms with Crippen molar-refractivity contribution in [3.05, 3.63) is 66.9 Å². The molecule has 0 saturated heterocycles. The van der Waals surface area contributed by atoms with E-state index in [-0.39, 0.29) is 5.78 Å². The summed E-state index contributed by atoms with van der Waals surface area (Å²) in [5.74, 6) is -0.00195. The summed E-state index contributed by atoms with van der Waals surface area (Å²) in [5, 5.41) is 3.47. The molecule has 0 unspecified atom stereocenters. The van der Waals surface area contributed by atoms with Gasteiger partial charge in [0.2, 0.25) is 0 Å². The molecule has 0 radical (unpaired) electrons. The van der Waals surface area contributed by atoms with Gasteiger partial charge in [0.05, 0.1) is 0 Å². The molecule has 5 heteroatoms. The Bertz CT molecular complexity index is 826. The molecule has 0 atom stereocenters. The van der Waals surface area contributed by atoms with Crippen LogP contribution in [0.5, 0.6) is 0 Å². The molecule has 0 saturated carbocycles. The molecule has 0 spiro atoms. The Labute approximate surface area is 141 Å². The lowest BCUT2D eigenvalue weighted by molar-refractivity contribution is 0.104. The molecule has 3 rings (SSSR count). The molecular formula is C15H7Br2ClOS. The smallest absolute Gasteiger partial charge is 0.195 e. The Morgan fingerprint density at radius 1 is 1.05 bits per heavy atom. The van der Waals surface area contributed by atoms with Crippen molar-refractivity contribution in [1.29, 1.82) is 0 Å². The molecule has 0 aliphatic rings. The van der Waals surface area contributed by atoms with Crippen molar-refractivity contribution in [1.82, 2.24) is 0 Å². The summed E-state index contributed by atoms with van der Waals surface area (Å²) in [7, 11) is 0. The van der Waals surface area contributed by atoms with Gasteiger partial charge in [-0.2, -0.15) is 0 Å². The first-order valence-corrected chi connectivity index (χ1v) is 8.58. The zero-order valence-electron chi connectivity index (χ0n) is 9.99. The van der Waals surface area contributed by atoms with Gasteiger partial charge in [-0.3, -0.25) is 4.79 Å². The van der Waals surface area contributed by atoms with Crippen LogP contribution in [0.2, 0.25) is 5.02 Å². The lowest BCUT2D eigenvalue weighted by Crippen LogP contribution is -2.01. The van der Waals surface area contributed by atoms with Gasteiger partial charge in [0.15, 0.2) is 5.78 Å². The number of rotatable bonds is 2.